The van der Waals surface area contributed by atoms with E-state index in [0.717, 1.165) is 0 Å². The summed E-state index contributed by atoms with van der Waals surface area (Å²) in [4.78, 5) is 23.6. The largest absolute Gasteiger partial charge is 0.394 e. The van der Waals surface area contributed by atoms with E-state index in [9.17, 15) is 30.0 Å². The number of ether oxygens (including phenoxy) is 1. The Bertz CT molecular complexity index is 390. The summed E-state index contributed by atoms with van der Waals surface area (Å²) in [6.45, 7) is -0.621. The minimum absolute atomic E-state index is 0.362. The summed E-state index contributed by atoms with van der Waals surface area (Å²) in [6.07, 6.45) is -9.49. The van der Waals surface area contributed by atoms with Gasteiger partial charge in [0, 0.05) is 0 Å². The second kappa shape index (κ2) is 5.00. The zero-order chi connectivity index (χ0) is 14.3. The third-order valence-corrected chi connectivity index (χ3v) is 3.05. The second-order valence-corrected chi connectivity index (χ2v) is 4.28. The smallest absolute Gasteiger partial charge is 0.328 e. The quantitative estimate of drug-likeness (QED) is 0.295. The lowest BCUT2D eigenvalue weighted by atomic mass is 10.1. The minimum Gasteiger partial charge on any atom is -0.394 e. The number of urea groups is 1. The highest BCUT2D eigenvalue weighted by molar-refractivity contribution is 5.99. The van der Waals surface area contributed by atoms with Crippen molar-refractivity contribution in [3.8, 4) is 0 Å². The Balaban J connectivity index is 2.21. The zero-order valence-corrected chi connectivity index (χ0v) is 9.58. The van der Waals surface area contributed by atoms with E-state index >= 15 is 0 Å². The van der Waals surface area contributed by atoms with Gasteiger partial charge in [-0.1, -0.05) is 0 Å². The van der Waals surface area contributed by atoms with Crippen LogP contribution in [-0.2, 0) is 9.53 Å². The van der Waals surface area contributed by atoms with Gasteiger partial charge in [0.1, 0.15) is 18.3 Å². The fourth-order valence-corrected chi connectivity index (χ4v) is 1.99. The van der Waals surface area contributed by atoms with E-state index in [2.05, 4.69) is 0 Å². The van der Waals surface area contributed by atoms with Crippen molar-refractivity contribution in [3.63, 3.8) is 0 Å². The number of aliphatic hydroxyl groups is 5. The summed E-state index contributed by atoms with van der Waals surface area (Å²) in [7, 11) is 0. The van der Waals surface area contributed by atoms with Gasteiger partial charge >= 0.3 is 6.03 Å². The number of carbonyl (C=O) groups is 2. The van der Waals surface area contributed by atoms with Crippen LogP contribution in [-0.4, -0.2) is 85.8 Å². The van der Waals surface area contributed by atoms with E-state index < -0.39 is 55.4 Å². The molecular formula is C9H14N2O8. The lowest BCUT2D eigenvalue weighted by Gasteiger charge is -2.36. The highest BCUT2D eigenvalue weighted by atomic mass is 16.6. The van der Waals surface area contributed by atoms with Gasteiger partial charge in [-0.15, -0.1) is 0 Å². The van der Waals surface area contributed by atoms with Gasteiger partial charge in [-0.2, -0.15) is 0 Å². The number of imide groups is 1. The SMILES string of the molecule is O=C1NC(O)C(O)C(=O)N1[C@@H]1O[C@H](CO)[C@H](O)C1O. The molecule has 19 heavy (non-hydrogen) atoms. The summed E-state index contributed by atoms with van der Waals surface area (Å²) in [5.41, 5.74) is 0. The number of nitrogens with zero attached hydrogens (tertiary/aromatic N) is 1. The Labute approximate surface area is 106 Å². The molecule has 0 radical (unpaired) electrons. The van der Waals surface area contributed by atoms with E-state index in [1.807, 2.05) is 5.32 Å². The first-order chi connectivity index (χ1) is 8.88. The molecule has 0 saturated carbocycles. The molecule has 0 aliphatic carbocycles. The molecule has 2 saturated heterocycles. The maximum Gasteiger partial charge on any atom is 0.328 e. The summed E-state index contributed by atoms with van der Waals surface area (Å²) in [5.74, 6) is -1.17. The van der Waals surface area contributed by atoms with Gasteiger partial charge in [0.15, 0.2) is 18.6 Å². The van der Waals surface area contributed by atoms with Crippen LogP contribution in [0.2, 0.25) is 0 Å². The first-order valence-corrected chi connectivity index (χ1v) is 5.50. The van der Waals surface area contributed by atoms with E-state index in [0.29, 0.717) is 4.90 Å². The highest BCUT2D eigenvalue weighted by Crippen LogP contribution is 2.26. The van der Waals surface area contributed by atoms with Gasteiger partial charge in [-0.3, -0.25) is 4.79 Å². The molecule has 2 fully saturated rings. The normalized spacial score (nSPS) is 43.5. The minimum atomic E-state index is -1.90. The predicted octanol–water partition coefficient (Wildman–Crippen LogP) is -4.34. The van der Waals surface area contributed by atoms with Crippen LogP contribution in [0.3, 0.4) is 0 Å². The standard InChI is InChI=1S/C9H14N2O8/c12-1-2-3(13)4(14)8(19-2)11-7(17)5(15)6(16)10-9(11)18/h2-6,8,12-16H,1H2,(H,10,18)/t2-,3+,4?,5?,6?,8-/m1/s1. The van der Waals surface area contributed by atoms with Crippen LogP contribution in [0.5, 0.6) is 0 Å². The molecule has 108 valence electrons. The fourth-order valence-electron chi connectivity index (χ4n) is 1.99. The Morgan fingerprint density at radius 1 is 1.16 bits per heavy atom. The molecule has 2 aliphatic heterocycles. The summed E-state index contributed by atoms with van der Waals surface area (Å²) < 4.78 is 5.00. The van der Waals surface area contributed by atoms with Gasteiger partial charge in [-0.05, 0) is 0 Å². The van der Waals surface area contributed by atoms with Crippen LogP contribution in [0.1, 0.15) is 0 Å². The molecule has 2 aliphatic rings. The Morgan fingerprint density at radius 3 is 2.32 bits per heavy atom. The summed E-state index contributed by atoms with van der Waals surface area (Å²) in [6, 6.07) is -1.09. The highest BCUT2D eigenvalue weighted by Gasteiger charge is 2.52. The van der Waals surface area contributed by atoms with Crippen molar-refractivity contribution < 1.29 is 39.9 Å². The van der Waals surface area contributed by atoms with Crippen molar-refractivity contribution >= 4 is 11.9 Å². The monoisotopic (exact) mass is 278 g/mol. The van der Waals surface area contributed by atoms with Crippen LogP contribution in [0.4, 0.5) is 4.79 Å². The van der Waals surface area contributed by atoms with Crippen molar-refractivity contribution in [2.45, 2.75) is 36.9 Å². The maximum absolute atomic E-state index is 11.7. The van der Waals surface area contributed by atoms with Crippen molar-refractivity contribution in [3.05, 3.63) is 0 Å². The van der Waals surface area contributed by atoms with Gasteiger partial charge in [0.25, 0.3) is 5.91 Å². The molecular weight excluding hydrogens is 264 g/mol. The number of hydrogen-bond donors (Lipinski definition) is 6. The van der Waals surface area contributed by atoms with Gasteiger partial charge in [-0.25, -0.2) is 9.69 Å². The molecule has 2 heterocycles. The second-order valence-electron chi connectivity index (χ2n) is 4.28. The van der Waals surface area contributed by atoms with E-state index in [-0.39, 0.29) is 0 Å². The molecule has 3 amide bonds. The zero-order valence-electron chi connectivity index (χ0n) is 9.58. The molecule has 0 aromatic carbocycles. The van der Waals surface area contributed by atoms with Crippen molar-refractivity contribution in [2.24, 2.45) is 0 Å². The number of carbonyl (C=O) groups excluding carboxylic acids is 2. The number of amides is 3. The molecule has 6 N–H and O–H groups in total. The van der Waals surface area contributed by atoms with Crippen molar-refractivity contribution in [1.29, 1.82) is 0 Å². The van der Waals surface area contributed by atoms with Crippen LogP contribution in [0.25, 0.3) is 0 Å². The number of nitrogens with one attached hydrogen (secondary N) is 1. The Kier molecular flexibility index (Phi) is 3.71. The van der Waals surface area contributed by atoms with E-state index in [1.54, 1.807) is 0 Å². The van der Waals surface area contributed by atoms with E-state index in [1.165, 1.54) is 0 Å². The topological polar surface area (TPSA) is 160 Å². The van der Waals surface area contributed by atoms with Crippen LogP contribution in [0.15, 0.2) is 0 Å². The average Bonchev–Trinajstić information content (AvgIpc) is 2.64. The number of aliphatic hydroxyl groups excluding tert-OH is 5. The number of rotatable bonds is 2. The first-order valence-electron chi connectivity index (χ1n) is 5.50. The molecule has 0 bridgehead atoms. The van der Waals surface area contributed by atoms with E-state index in [4.69, 9.17) is 9.84 Å². The molecule has 3 unspecified atom stereocenters. The van der Waals surface area contributed by atoms with Gasteiger partial charge < -0.3 is 35.6 Å². The Hall–Kier alpha value is -1.30. The van der Waals surface area contributed by atoms with Crippen molar-refractivity contribution in [2.75, 3.05) is 6.61 Å². The average molecular weight is 278 g/mol. The molecule has 0 aromatic rings. The first kappa shape index (κ1) is 14.1. The molecule has 0 aromatic heterocycles. The fraction of sp³-hybridized carbons (Fsp3) is 0.778. The molecule has 10 heteroatoms. The maximum atomic E-state index is 11.7. The lowest BCUT2D eigenvalue weighted by Crippen LogP contribution is -2.66. The predicted molar refractivity (Wildman–Crippen MR) is 55.2 cm³/mol. The number of hydrogen-bond acceptors (Lipinski definition) is 8. The Morgan fingerprint density at radius 2 is 1.79 bits per heavy atom. The lowest BCUT2D eigenvalue weighted by molar-refractivity contribution is -0.165. The third kappa shape index (κ3) is 2.18. The molecule has 2 rings (SSSR count). The van der Waals surface area contributed by atoms with Crippen LogP contribution < -0.4 is 5.32 Å². The van der Waals surface area contributed by atoms with Crippen LogP contribution in [0, 0.1) is 0 Å². The molecule has 10 nitrogen and oxygen atoms in total. The molecule has 6 atom stereocenters. The molecule has 0 spiro atoms. The summed E-state index contributed by atoms with van der Waals surface area (Å²) in [5, 5.41) is 48.6. The van der Waals surface area contributed by atoms with Crippen molar-refractivity contribution in [1.82, 2.24) is 10.2 Å². The third-order valence-electron chi connectivity index (χ3n) is 3.05. The van der Waals surface area contributed by atoms with Gasteiger partial charge in [0.05, 0.1) is 6.61 Å². The van der Waals surface area contributed by atoms with Crippen LogP contribution >= 0.6 is 0 Å². The van der Waals surface area contributed by atoms with Gasteiger partial charge in [0.2, 0.25) is 0 Å². The summed E-state index contributed by atoms with van der Waals surface area (Å²) >= 11 is 0.